The minimum Gasteiger partial charge on any atom is -0.351 e. The van der Waals surface area contributed by atoms with Crippen LogP contribution in [0.15, 0.2) is 78.9 Å². The summed E-state index contributed by atoms with van der Waals surface area (Å²) in [6.45, 7) is 13.7. The zero-order valence-electron chi connectivity index (χ0n) is 12.5. The molecule has 0 aliphatic heterocycles. The second-order valence-corrected chi connectivity index (χ2v) is 15.1. The Morgan fingerprint density at radius 1 is 0.950 bits per heavy atom. The monoisotopic (exact) mass is 447 g/mol. The van der Waals surface area contributed by atoms with E-state index in [-0.39, 0.29) is 0 Å². The molecule has 20 heavy (non-hydrogen) atoms. The number of nitrogens with two attached hydrogens (primary N) is 1. The van der Waals surface area contributed by atoms with Gasteiger partial charge in [-0.15, -0.1) is 0 Å². The Morgan fingerprint density at radius 3 is 1.60 bits per heavy atom. The molecule has 0 spiro atoms. The summed E-state index contributed by atoms with van der Waals surface area (Å²) in [5.74, 6) is 0. The van der Waals surface area contributed by atoms with Crippen LogP contribution in [0.4, 0.5) is 0 Å². The molecule has 0 saturated heterocycles. The number of hydrogen-bond donors (Lipinski definition) is 1. The van der Waals surface area contributed by atoms with Gasteiger partial charge in [-0.2, -0.15) is 0 Å². The van der Waals surface area contributed by atoms with Gasteiger partial charge in [0.2, 0.25) is 0 Å². The minimum atomic E-state index is -1.11. The maximum Gasteiger partial charge on any atom is 0.113 e. The zero-order chi connectivity index (χ0) is 15.2. The first-order valence-electron chi connectivity index (χ1n) is 6.48. The van der Waals surface area contributed by atoms with E-state index in [0.717, 1.165) is 0 Å². The van der Waals surface area contributed by atoms with Gasteiger partial charge in [0.15, 0.2) is 0 Å². The largest absolute Gasteiger partial charge is 0.351 e. The van der Waals surface area contributed by atoms with Gasteiger partial charge in [0.1, 0.15) is 8.24 Å². The predicted octanol–water partition coefficient (Wildman–Crippen LogP) is 4.18. The first-order valence-corrected chi connectivity index (χ1v) is 13.7. The Labute approximate surface area is 134 Å². The fraction of sp³-hybridized carbons (Fsp3) is 0.176. The Kier molecular flexibility index (Phi) is 6.61. The average Bonchev–Trinajstić information content (AvgIpc) is 2.96. The molecule has 0 bridgehead atoms. The molecule has 0 heterocycles. The quantitative estimate of drug-likeness (QED) is 0.501. The average molecular weight is 446 g/mol. The van der Waals surface area contributed by atoms with Gasteiger partial charge < -0.3 is 5.40 Å². The predicted molar refractivity (Wildman–Crippen MR) is 87.3 cm³/mol. The Morgan fingerprint density at radius 2 is 1.30 bits per heavy atom. The van der Waals surface area contributed by atoms with Crippen LogP contribution in [0, 0.1) is 0 Å². The molecule has 0 saturated carbocycles. The topological polar surface area (TPSA) is 26.0 Å². The third-order valence-corrected chi connectivity index (χ3v) is 7.35. The molecule has 2 aliphatic rings. The summed E-state index contributed by atoms with van der Waals surface area (Å²) in [6.07, 6.45) is 12.7. The van der Waals surface area contributed by atoms with Gasteiger partial charge in [0.25, 0.3) is 0 Å². The van der Waals surface area contributed by atoms with E-state index in [1.54, 1.807) is 0 Å². The molecule has 0 radical (unpaired) electrons. The van der Waals surface area contributed by atoms with Gasteiger partial charge in [0.05, 0.1) is 0 Å². The third-order valence-electron chi connectivity index (χ3n) is 2.28. The molecular formula is C17H21HfNSi. The molecule has 0 amide bonds. The Balaban J connectivity index is 0.000000347. The normalized spacial score (nSPS) is 16.0. The van der Waals surface area contributed by atoms with Crippen molar-refractivity contribution in [2.24, 2.45) is 5.40 Å². The van der Waals surface area contributed by atoms with E-state index in [2.05, 4.69) is 80.7 Å². The summed E-state index contributed by atoms with van der Waals surface area (Å²) in [7, 11) is -1.11. The van der Waals surface area contributed by atoms with Crippen LogP contribution in [-0.4, -0.2) is 8.24 Å². The van der Waals surface area contributed by atoms with Crippen LogP contribution < -0.4 is 5.40 Å². The molecule has 0 aromatic heterocycles. The molecule has 102 valence electrons. The van der Waals surface area contributed by atoms with E-state index in [4.69, 9.17) is 5.40 Å². The molecule has 2 N–H and O–H groups in total. The summed E-state index contributed by atoms with van der Waals surface area (Å²) in [5.41, 5.74) is 8.33. The van der Waals surface area contributed by atoms with E-state index < -0.39 is 31.1 Å². The standard InChI is InChI=1S/2C7H5.C3H11NSi.Hf/c2*1-2-7-5-3-4-6-7;1-5(2,3)4;/h2*3-5H,1H2;4H2,1-3H3;. The Bertz CT molecular complexity index is 545. The second kappa shape index (κ2) is 7.73. The van der Waals surface area contributed by atoms with Gasteiger partial charge in [-0.25, -0.2) is 0 Å². The number of hydrogen-bond acceptors (Lipinski definition) is 1. The maximum atomic E-state index is 5.49. The van der Waals surface area contributed by atoms with Crippen molar-refractivity contribution in [3.05, 3.63) is 78.9 Å². The van der Waals surface area contributed by atoms with Crippen molar-refractivity contribution in [1.82, 2.24) is 0 Å². The van der Waals surface area contributed by atoms with E-state index in [1.807, 2.05) is 0 Å². The number of allylic oxidation sites excluding steroid dienone is 10. The van der Waals surface area contributed by atoms with Crippen molar-refractivity contribution < 1.29 is 22.9 Å². The summed E-state index contributed by atoms with van der Waals surface area (Å²) in [6, 6.07) is 0. The fourth-order valence-electron chi connectivity index (χ4n) is 1.51. The molecule has 0 atom stereocenters. The molecule has 0 aromatic rings. The smallest absolute Gasteiger partial charge is 0.113 e. The fourth-order valence-corrected chi connectivity index (χ4v) is 6.05. The molecule has 2 aliphatic carbocycles. The Hall–Kier alpha value is -0.953. The molecule has 2 rings (SSSR count). The van der Waals surface area contributed by atoms with Gasteiger partial charge in [-0.3, -0.25) is 0 Å². The first-order chi connectivity index (χ1) is 9.35. The van der Waals surface area contributed by atoms with Crippen molar-refractivity contribution in [1.29, 1.82) is 0 Å². The van der Waals surface area contributed by atoms with Crippen molar-refractivity contribution in [3.63, 3.8) is 0 Å². The minimum absolute atomic E-state index is 0.968. The van der Waals surface area contributed by atoms with Crippen LogP contribution >= 0.6 is 0 Å². The SMILES string of the molecule is C=C=C1C=CC=[C]1[Hf][C]1=CC=CC1=C=C.C[Si](C)(C)N. The van der Waals surface area contributed by atoms with E-state index in [1.165, 1.54) is 17.8 Å². The van der Waals surface area contributed by atoms with Crippen molar-refractivity contribution in [3.8, 4) is 0 Å². The first kappa shape index (κ1) is 17.1. The van der Waals surface area contributed by atoms with Crippen LogP contribution in [0.25, 0.3) is 0 Å². The van der Waals surface area contributed by atoms with Crippen molar-refractivity contribution in [2.45, 2.75) is 19.6 Å². The van der Waals surface area contributed by atoms with Gasteiger partial charge in [-0.05, 0) is 0 Å². The van der Waals surface area contributed by atoms with Crippen LogP contribution in [0.3, 0.4) is 0 Å². The zero-order valence-corrected chi connectivity index (χ0v) is 17.0. The van der Waals surface area contributed by atoms with Crippen LogP contribution in [-0.2, 0) is 22.9 Å². The molecule has 0 fully saturated rings. The summed E-state index contributed by atoms with van der Waals surface area (Å²) >= 11 is -0.968. The van der Waals surface area contributed by atoms with Gasteiger partial charge in [-0.1, -0.05) is 19.6 Å². The molecular weight excluding hydrogens is 425 g/mol. The van der Waals surface area contributed by atoms with Gasteiger partial charge in [0, 0.05) is 0 Å². The van der Waals surface area contributed by atoms with E-state index in [9.17, 15) is 0 Å². The van der Waals surface area contributed by atoms with E-state index >= 15 is 0 Å². The molecule has 1 nitrogen and oxygen atoms in total. The van der Waals surface area contributed by atoms with Crippen LogP contribution in [0.5, 0.6) is 0 Å². The molecule has 0 unspecified atom stereocenters. The second-order valence-electron chi connectivity index (χ2n) is 5.55. The maximum absolute atomic E-state index is 5.49. The molecule has 3 heteroatoms. The van der Waals surface area contributed by atoms with Crippen molar-refractivity contribution >= 4 is 8.24 Å². The van der Waals surface area contributed by atoms with E-state index in [0.29, 0.717) is 0 Å². The van der Waals surface area contributed by atoms with Crippen LogP contribution in [0.1, 0.15) is 0 Å². The summed E-state index contributed by atoms with van der Waals surface area (Å²) in [5, 5.41) is 5.49. The number of rotatable bonds is 2. The summed E-state index contributed by atoms with van der Waals surface area (Å²) in [4.78, 5) is 0. The van der Waals surface area contributed by atoms with Gasteiger partial charge >= 0.3 is 102 Å². The third kappa shape index (κ3) is 6.00. The van der Waals surface area contributed by atoms with Crippen LogP contribution in [0.2, 0.25) is 19.6 Å². The summed E-state index contributed by atoms with van der Waals surface area (Å²) < 4.78 is 2.90. The molecule has 0 aromatic carbocycles. The van der Waals surface area contributed by atoms with Crippen molar-refractivity contribution in [2.75, 3.05) is 0 Å².